The van der Waals surface area contributed by atoms with Gasteiger partial charge in [-0.3, -0.25) is 4.79 Å². The van der Waals surface area contributed by atoms with E-state index >= 15 is 0 Å². The van der Waals surface area contributed by atoms with Crippen molar-refractivity contribution in [1.82, 2.24) is 10.3 Å². The molecule has 0 unspecified atom stereocenters. The van der Waals surface area contributed by atoms with Crippen molar-refractivity contribution < 1.29 is 9.21 Å². The third-order valence-electron chi connectivity index (χ3n) is 3.43. The predicted molar refractivity (Wildman–Crippen MR) is 97.0 cm³/mol. The minimum absolute atomic E-state index is 0.0969. The zero-order valence-corrected chi connectivity index (χ0v) is 14.9. The summed E-state index contributed by atoms with van der Waals surface area (Å²) in [5, 5.41) is 8.25. The van der Waals surface area contributed by atoms with Crippen molar-refractivity contribution in [3.05, 3.63) is 23.3 Å². The molecule has 0 saturated heterocycles. The van der Waals surface area contributed by atoms with Crippen molar-refractivity contribution in [3.8, 4) is 11.5 Å². The minimum Gasteiger partial charge on any atom is -0.458 e. The van der Waals surface area contributed by atoms with Crippen LogP contribution < -0.4 is 16.4 Å². The van der Waals surface area contributed by atoms with Gasteiger partial charge in [0.1, 0.15) is 11.5 Å². The molecule has 0 bridgehead atoms. The number of carbonyl (C=O) groups is 1. The molecule has 2 heterocycles. The lowest BCUT2D eigenvalue weighted by Crippen LogP contribution is -2.24. The maximum Gasteiger partial charge on any atom is 0.217 e. The van der Waals surface area contributed by atoms with Crippen LogP contribution in [0.15, 0.2) is 26.9 Å². The first-order valence-corrected chi connectivity index (χ1v) is 8.79. The van der Waals surface area contributed by atoms with Crippen LogP contribution in [0, 0.1) is 0 Å². The van der Waals surface area contributed by atoms with Crippen molar-refractivity contribution in [2.24, 2.45) is 10.7 Å². The van der Waals surface area contributed by atoms with Crippen molar-refractivity contribution in [1.29, 1.82) is 0 Å². The number of aromatic nitrogens is 1. The number of hydrogen-bond donors (Lipinski definition) is 3. The number of hydrogen-bond acceptors (Lipinski definition) is 5. The lowest BCUT2D eigenvalue weighted by molar-refractivity contribution is -0.119. The molecule has 0 aliphatic rings. The second-order valence-electron chi connectivity index (χ2n) is 5.32. The van der Waals surface area contributed by atoms with Crippen molar-refractivity contribution in [2.45, 2.75) is 46.2 Å². The first-order valence-electron chi connectivity index (χ1n) is 7.91. The van der Waals surface area contributed by atoms with Gasteiger partial charge in [-0.05, 0) is 25.0 Å². The van der Waals surface area contributed by atoms with Gasteiger partial charge in [-0.2, -0.15) is 0 Å². The van der Waals surface area contributed by atoms with E-state index in [9.17, 15) is 4.79 Å². The molecule has 0 atom stereocenters. The van der Waals surface area contributed by atoms with Crippen LogP contribution in [0.5, 0.6) is 0 Å². The van der Waals surface area contributed by atoms with E-state index in [1.807, 2.05) is 17.5 Å². The molecule has 130 valence electrons. The van der Waals surface area contributed by atoms with Gasteiger partial charge >= 0.3 is 0 Å². The molecule has 7 nitrogen and oxygen atoms in total. The summed E-state index contributed by atoms with van der Waals surface area (Å²) in [6.45, 7) is 6.00. The van der Waals surface area contributed by atoms with E-state index in [0.717, 1.165) is 12.8 Å². The summed E-state index contributed by atoms with van der Waals surface area (Å²) in [6.07, 6.45) is 1.90. The summed E-state index contributed by atoms with van der Waals surface area (Å²) in [5.41, 5.74) is 6.63. The van der Waals surface area contributed by atoms with Gasteiger partial charge in [0.05, 0.1) is 12.6 Å². The number of nitrogens with two attached hydrogens (primary N) is 1. The molecule has 24 heavy (non-hydrogen) atoms. The summed E-state index contributed by atoms with van der Waals surface area (Å²) < 4.78 is 5.68. The highest BCUT2D eigenvalue weighted by molar-refractivity contribution is 7.14. The van der Waals surface area contributed by atoms with Crippen molar-refractivity contribution >= 4 is 28.3 Å². The van der Waals surface area contributed by atoms with Gasteiger partial charge in [0.25, 0.3) is 0 Å². The van der Waals surface area contributed by atoms with Crippen molar-refractivity contribution in [2.75, 3.05) is 5.32 Å². The molecule has 2 aromatic heterocycles. The van der Waals surface area contributed by atoms with Gasteiger partial charge in [0.2, 0.25) is 5.91 Å². The molecular weight excluding hydrogens is 326 g/mol. The number of furan rings is 1. The zero-order valence-electron chi connectivity index (χ0n) is 14.1. The Morgan fingerprint density at radius 1 is 1.42 bits per heavy atom. The molecule has 2 aromatic rings. The van der Waals surface area contributed by atoms with Crippen LogP contribution in [0.25, 0.3) is 11.5 Å². The summed E-state index contributed by atoms with van der Waals surface area (Å²) in [6, 6.07) is 3.87. The van der Waals surface area contributed by atoms with Gasteiger partial charge < -0.3 is 20.8 Å². The first kappa shape index (κ1) is 18.0. The monoisotopic (exact) mass is 349 g/mol. The predicted octanol–water partition coefficient (Wildman–Crippen LogP) is 2.95. The van der Waals surface area contributed by atoms with Gasteiger partial charge in [0, 0.05) is 12.3 Å². The van der Waals surface area contributed by atoms with Crippen LogP contribution in [0.1, 0.15) is 39.4 Å². The van der Waals surface area contributed by atoms with Crippen LogP contribution in [0.2, 0.25) is 0 Å². The highest BCUT2D eigenvalue weighted by atomic mass is 32.1. The highest BCUT2D eigenvalue weighted by Gasteiger charge is 2.10. The van der Waals surface area contributed by atoms with E-state index in [1.165, 1.54) is 18.3 Å². The number of anilines is 1. The fourth-order valence-corrected chi connectivity index (χ4v) is 2.78. The number of aliphatic imine (C=N–C) groups is 1. The van der Waals surface area contributed by atoms with Crippen LogP contribution in [0.3, 0.4) is 0 Å². The van der Waals surface area contributed by atoms with E-state index < -0.39 is 0 Å². The average molecular weight is 349 g/mol. The first-order chi connectivity index (χ1) is 11.5. The Labute approximate surface area is 145 Å². The summed E-state index contributed by atoms with van der Waals surface area (Å²) in [7, 11) is 0. The number of thiazole rings is 1. The zero-order chi connectivity index (χ0) is 17.5. The number of carbonyl (C=O) groups excluding carboxylic acids is 1. The summed E-state index contributed by atoms with van der Waals surface area (Å²) >= 11 is 1.43. The molecule has 0 fully saturated rings. The molecular formula is C16H23N5O2S. The van der Waals surface area contributed by atoms with E-state index in [4.69, 9.17) is 10.2 Å². The lowest BCUT2D eigenvalue weighted by atomic mass is 10.2. The number of guanidine groups is 1. The van der Waals surface area contributed by atoms with Crippen LogP contribution in [-0.4, -0.2) is 22.9 Å². The van der Waals surface area contributed by atoms with E-state index in [-0.39, 0.29) is 11.9 Å². The smallest absolute Gasteiger partial charge is 0.217 e. The van der Waals surface area contributed by atoms with Gasteiger partial charge in [-0.1, -0.05) is 13.8 Å². The number of nitrogens with one attached hydrogen (secondary N) is 2. The Morgan fingerprint density at radius 2 is 2.17 bits per heavy atom. The molecule has 0 saturated carbocycles. The van der Waals surface area contributed by atoms with E-state index in [0.29, 0.717) is 34.9 Å². The molecule has 0 spiro atoms. The molecule has 0 aromatic carbocycles. The van der Waals surface area contributed by atoms with Crippen LogP contribution in [0.4, 0.5) is 5.13 Å². The Kier molecular flexibility index (Phi) is 6.36. The SMILES string of the molecule is CCC(CC)N=C(N)Nc1nc(-c2ccc(CNC(C)=O)o2)cs1. The fourth-order valence-electron chi connectivity index (χ4n) is 2.08. The molecule has 0 aliphatic carbocycles. The minimum atomic E-state index is -0.0969. The Balaban J connectivity index is 2.01. The average Bonchev–Trinajstić information content (AvgIpc) is 3.19. The second kappa shape index (κ2) is 8.49. The number of nitrogens with zero attached hydrogens (tertiary/aromatic N) is 2. The summed E-state index contributed by atoms with van der Waals surface area (Å²) in [4.78, 5) is 19.8. The molecule has 4 N–H and O–H groups in total. The third-order valence-corrected chi connectivity index (χ3v) is 4.19. The quantitative estimate of drug-likeness (QED) is 0.526. The second-order valence-corrected chi connectivity index (χ2v) is 6.18. The molecule has 0 radical (unpaired) electrons. The maximum absolute atomic E-state index is 10.9. The van der Waals surface area contributed by atoms with Crippen molar-refractivity contribution in [3.63, 3.8) is 0 Å². The largest absolute Gasteiger partial charge is 0.458 e. The fraction of sp³-hybridized carbons (Fsp3) is 0.438. The van der Waals surface area contributed by atoms with Crippen LogP contribution >= 0.6 is 11.3 Å². The van der Waals surface area contributed by atoms with Crippen LogP contribution in [-0.2, 0) is 11.3 Å². The standard InChI is InChI=1S/C16H23N5O2S/c1-4-11(5-2)19-15(17)21-16-20-13(9-24-16)14-7-6-12(23-14)8-18-10(3)22/h6-7,9,11H,4-5,8H2,1-3H3,(H,18,22)(H3,17,19,20,21). The molecule has 8 heteroatoms. The third kappa shape index (κ3) is 5.09. The summed E-state index contributed by atoms with van der Waals surface area (Å²) in [5.74, 6) is 1.60. The Morgan fingerprint density at radius 3 is 2.83 bits per heavy atom. The Bertz CT molecular complexity index is 703. The Hall–Kier alpha value is -2.35. The maximum atomic E-state index is 10.9. The molecule has 0 aliphatic heterocycles. The normalized spacial score (nSPS) is 11.8. The topological polar surface area (TPSA) is 106 Å². The van der Waals surface area contributed by atoms with E-state index in [1.54, 1.807) is 0 Å². The van der Waals surface area contributed by atoms with E-state index in [2.05, 4.69) is 34.5 Å². The van der Waals surface area contributed by atoms with Gasteiger partial charge in [-0.25, -0.2) is 9.98 Å². The number of amides is 1. The van der Waals surface area contributed by atoms with Gasteiger partial charge in [0.15, 0.2) is 16.9 Å². The molecule has 2 rings (SSSR count). The number of rotatable bonds is 7. The van der Waals surface area contributed by atoms with Gasteiger partial charge in [-0.15, -0.1) is 11.3 Å². The highest BCUT2D eigenvalue weighted by Crippen LogP contribution is 2.26. The molecule has 1 amide bonds. The lowest BCUT2D eigenvalue weighted by Gasteiger charge is -2.08.